The summed E-state index contributed by atoms with van der Waals surface area (Å²) < 4.78 is 5.77. The summed E-state index contributed by atoms with van der Waals surface area (Å²) in [5.41, 5.74) is 0. The van der Waals surface area contributed by atoms with Gasteiger partial charge in [0.15, 0.2) is 0 Å². The molecule has 35 heavy (non-hydrogen) atoms. The van der Waals surface area contributed by atoms with Crippen LogP contribution in [0.1, 0.15) is 96.8 Å². The Morgan fingerprint density at radius 1 is 0.857 bits per heavy atom. The molecule has 1 aromatic rings. The van der Waals surface area contributed by atoms with Crippen LogP contribution in [0.4, 0.5) is 0 Å². The Bertz CT molecular complexity index is 656. The Hall–Kier alpha value is -1.01. The predicted molar refractivity (Wildman–Crippen MR) is 146 cm³/mol. The lowest BCUT2D eigenvalue weighted by Crippen LogP contribution is -2.42. The molecule has 204 valence electrons. The van der Waals surface area contributed by atoms with Gasteiger partial charge in [-0.3, -0.25) is 0 Å². The van der Waals surface area contributed by atoms with Crippen molar-refractivity contribution in [3.63, 3.8) is 0 Å². The topological polar surface area (TPSA) is 69.6 Å². The molecule has 1 aromatic carbocycles. The molecule has 0 aliphatic heterocycles. The number of carboxylic acids is 1. The first-order valence-corrected chi connectivity index (χ1v) is 14.2. The number of aliphatic hydroxyl groups is 1. The fourth-order valence-corrected chi connectivity index (χ4v) is 4.31. The van der Waals surface area contributed by atoms with Crippen molar-refractivity contribution < 1.29 is 24.2 Å². The van der Waals surface area contributed by atoms with Gasteiger partial charge in [0.2, 0.25) is 0 Å². The molecule has 0 fully saturated rings. The number of hydrogen-bond donors (Lipinski definition) is 1. The van der Waals surface area contributed by atoms with Gasteiger partial charge in [0.25, 0.3) is 0 Å². The number of nitrogens with zero attached hydrogens (tertiary/aromatic N) is 1. The van der Waals surface area contributed by atoms with Gasteiger partial charge in [-0.25, -0.2) is 0 Å². The minimum absolute atomic E-state index is 0.272. The van der Waals surface area contributed by atoms with E-state index in [0.29, 0.717) is 11.6 Å². The highest BCUT2D eigenvalue weighted by atomic mass is 35.5. The summed E-state index contributed by atoms with van der Waals surface area (Å²) in [5, 5.41) is 19.8. The molecule has 0 radical (unpaired) electrons. The van der Waals surface area contributed by atoms with Crippen molar-refractivity contribution in [3.8, 4) is 5.75 Å². The first kappa shape index (κ1) is 34.0. The van der Waals surface area contributed by atoms with Crippen molar-refractivity contribution in [2.45, 2.75) is 96.8 Å². The lowest BCUT2D eigenvalue weighted by atomic mass is 10.0. The Kier molecular flexibility index (Phi) is 21.6. The fourth-order valence-electron chi connectivity index (χ4n) is 3.85. The van der Waals surface area contributed by atoms with Crippen molar-refractivity contribution in [2.24, 2.45) is 0 Å². The molecule has 7 heteroatoms. The van der Waals surface area contributed by atoms with Crippen molar-refractivity contribution in [1.29, 1.82) is 0 Å². The van der Waals surface area contributed by atoms with E-state index >= 15 is 0 Å². The van der Waals surface area contributed by atoms with E-state index in [-0.39, 0.29) is 10.8 Å². The molecule has 0 saturated carbocycles. The molecule has 0 bridgehead atoms. The van der Waals surface area contributed by atoms with Gasteiger partial charge in [-0.05, 0) is 31.0 Å². The number of aliphatic hydroxyl groups excluding tert-OH is 1. The van der Waals surface area contributed by atoms with Crippen molar-refractivity contribution in [3.05, 3.63) is 28.2 Å². The number of carbonyl (C=O) groups excluding carboxylic acids is 1. The highest BCUT2D eigenvalue weighted by molar-refractivity contribution is 6.35. The van der Waals surface area contributed by atoms with E-state index in [9.17, 15) is 9.90 Å². The average Bonchev–Trinajstić information content (AvgIpc) is 2.79. The predicted octanol–water partition coefficient (Wildman–Crippen LogP) is 6.66. The Morgan fingerprint density at radius 2 is 1.34 bits per heavy atom. The van der Waals surface area contributed by atoms with Gasteiger partial charge in [-0.2, -0.15) is 0 Å². The van der Waals surface area contributed by atoms with E-state index in [1.807, 2.05) is 0 Å². The molecule has 0 heterocycles. The number of ether oxygens (including phenoxy) is 1. The maximum absolute atomic E-state index is 10.0. The van der Waals surface area contributed by atoms with E-state index in [0.717, 1.165) is 11.0 Å². The number of benzene rings is 1. The SMILES string of the molecule is CCCCCCCCCCCCCCCC[N+](C)(C)CCO.O=C([O-])COc1ccc(Cl)cc1Cl. The van der Waals surface area contributed by atoms with Crippen LogP contribution in [0.25, 0.3) is 0 Å². The van der Waals surface area contributed by atoms with Gasteiger partial charge in [0.05, 0.1) is 38.2 Å². The van der Waals surface area contributed by atoms with Crippen molar-refractivity contribution in [2.75, 3.05) is 40.4 Å². The zero-order valence-electron chi connectivity index (χ0n) is 22.3. The largest absolute Gasteiger partial charge is 0.546 e. The molecule has 0 aliphatic rings. The van der Waals surface area contributed by atoms with Gasteiger partial charge in [-0.15, -0.1) is 0 Å². The molecule has 0 amide bonds. The normalized spacial score (nSPS) is 11.1. The second-order valence-electron chi connectivity index (χ2n) is 9.94. The van der Waals surface area contributed by atoms with Crippen LogP contribution in [0.3, 0.4) is 0 Å². The van der Waals surface area contributed by atoms with Crippen LogP contribution in [0.2, 0.25) is 10.0 Å². The first-order chi connectivity index (χ1) is 16.7. The molecular weight excluding hydrogens is 485 g/mol. The summed E-state index contributed by atoms with van der Waals surface area (Å²) in [6.45, 7) is 4.17. The standard InChI is InChI=1S/C20H44NO.C8H6Cl2O3/c1-4-5-6-7-8-9-10-11-12-13-14-15-16-17-18-21(2,3)19-20-22;9-5-1-2-7(6(10)3-5)13-4-8(11)12/h22H,4-20H2,1-3H3;1-3H,4H2,(H,11,12)/q+1;/p-1. The van der Waals surface area contributed by atoms with Crippen LogP contribution in [-0.4, -0.2) is 56.0 Å². The number of unbranched alkanes of at least 4 members (excludes halogenated alkanes) is 13. The van der Waals surface area contributed by atoms with Gasteiger partial charge in [0, 0.05) is 5.02 Å². The Balaban J connectivity index is 0.000000750. The van der Waals surface area contributed by atoms with Gasteiger partial charge in [-0.1, -0.05) is 107 Å². The summed E-state index contributed by atoms with van der Waals surface area (Å²) in [5.74, 6) is -1.03. The molecule has 0 saturated heterocycles. The maximum Gasteiger partial charge on any atom is 0.138 e. The fraction of sp³-hybridized carbons (Fsp3) is 0.750. The third kappa shape index (κ3) is 22.0. The van der Waals surface area contributed by atoms with Gasteiger partial charge in [0.1, 0.15) is 18.9 Å². The quantitative estimate of drug-likeness (QED) is 0.150. The molecule has 5 nitrogen and oxygen atoms in total. The summed E-state index contributed by atoms with van der Waals surface area (Å²) in [6.07, 6.45) is 19.9. The number of aliphatic carboxylic acids is 1. The number of quaternary nitrogens is 1. The minimum atomic E-state index is -1.30. The van der Waals surface area contributed by atoms with Gasteiger partial charge < -0.3 is 24.2 Å². The third-order valence-corrected chi connectivity index (χ3v) is 6.59. The lowest BCUT2D eigenvalue weighted by molar-refractivity contribution is -0.890. The number of carbonyl (C=O) groups is 1. The van der Waals surface area contributed by atoms with Crippen LogP contribution < -0.4 is 9.84 Å². The molecule has 0 unspecified atom stereocenters. The van der Waals surface area contributed by atoms with Crippen LogP contribution in [0, 0.1) is 0 Å². The summed E-state index contributed by atoms with van der Waals surface area (Å²) in [6, 6.07) is 4.51. The van der Waals surface area contributed by atoms with E-state index in [4.69, 9.17) is 33.0 Å². The number of rotatable bonds is 20. The zero-order valence-corrected chi connectivity index (χ0v) is 23.8. The van der Waals surface area contributed by atoms with E-state index < -0.39 is 12.6 Å². The van der Waals surface area contributed by atoms with Crippen LogP contribution in [-0.2, 0) is 4.79 Å². The third-order valence-electron chi connectivity index (χ3n) is 6.06. The van der Waals surface area contributed by atoms with E-state index in [1.54, 1.807) is 6.07 Å². The molecule has 0 aliphatic carbocycles. The van der Waals surface area contributed by atoms with Crippen LogP contribution in [0.15, 0.2) is 18.2 Å². The monoisotopic (exact) mass is 533 g/mol. The number of hydrogen-bond acceptors (Lipinski definition) is 4. The molecule has 0 spiro atoms. The number of carboxylic acid groups (broad SMARTS) is 1. The minimum Gasteiger partial charge on any atom is -0.546 e. The number of likely N-dealkylation sites (N-methyl/N-ethyl adjacent to an activating group) is 1. The maximum atomic E-state index is 10.0. The van der Waals surface area contributed by atoms with Crippen molar-refractivity contribution in [1.82, 2.24) is 0 Å². The highest BCUT2D eigenvalue weighted by Crippen LogP contribution is 2.27. The molecule has 1 N–H and O–H groups in total. The average molecular weight is 535 g/mol. The molecule has 0 atom stereocenters. The lowest BCUT2D eigenvalue weighted by Gasteiger charge is -2.28. The smallest absolute Gasteiger partial charge is 0.138 e. The Morgan fingerprint density at radius 3 is 1.77 bits per heavy atom. The number of halogens is 2. The van der Waals surface area contributed by atoms with Gasteiger partial charge >= 0.3 is 0 Å². The summed E-state index contributed by atoms with van der Waals surface area (Å²) in [4.78, 5) is 10.0. The first-order valence-electron chi connectivity index (χ1n) is 13.4. The second kappa shape index (κ2) is 22.2. The van der Waals surface area contributed by atoms with E-state index in [2.05, 4.69) is 21.0 Å². The molecular formula is C28H49Cl2NO4. The Labute approximate surface area is 224 Å². The van der Waals surface area contributed by atoms with Crippen LogP contribution in [0.5, 0.6) is 5.75 Å². The zero-order chi connectivity index (χ0) is 26.4. The molecule has 0 aromatic heterocycles. The van der Waals surface area contributed by atoms with Crippen molar-refractivity contribution >= 4 is 29.2 Å². The summed E-state index contributed by atoms with van der Waals surface area (Å²) >= 11 is 11.3. The highest BCUT2D eigenvalue weighted by Gasteiger charge is 2.12. The van der Waals surface area contributed by atoms with Crippen LogP contribution >= 0.6 is 23.2 Å². The van der Waals surface area contributed by atoms with E-state index in [1.165, 1.54) is 109 Å². The summed E-state index contributed by atoms with van der Waals surface area (Å²) in [7, 11) is 4.44. The molecule has 1 rings (SSSR count). The second-order valence-corrected chi connectivity index (χ2v) is 10.8.